The Balaban J connectivity index is 1.55. The van der Waals surface area contributed by atoms with Crippen LogP contribution in [0.2, 0.25) is 0 Å². The Labute approximate surface area is 147 Å². The van der Waals surface area contributed by atoms with Gasteiger partial charge in [-0.25, -0.2) is 0 Å². The fourth-order valence-electron chi connectivity index (χ4n) is 3.23. The van der Waals surface area contributed by atoms with Crippen molar-refractivity contribution in [3.05, 3.63) is 29.5 Å². The molecule has 25 heavy (non-hydrogen) atoms. The van der Waals surface area contributed by atoms with Crippen LogP contribution < -0.4 is 10.1 Å². The topological polar surface area (TPSA) is 68.5 Å². The number of furan rings is 1. The Morgan fingerprint density at radius 3 is 2.88 bits per heavy atom. The minimum absolute atomic E-state index is 0.0129. The number of carbonyl (C=O) groups excluding carboxylic acids is 2. The van der Waals surface area contributed by atoms with E-state index in [0.717, 1.165) is 36.0 Å². The molecule has 1 heterocycles. The summed E-state index contributed by atoms with van der Waals surface area (Å²) >= 11 is 0. The SMILES string of the molecule is CCCNC(=O)CCCC(=O)Oc1ccc2oc3c(c2c1)CCCC3. The lowest BCUT2D eigenvalue weighted by molar-refractivity contribution is -0.134. The van der Waals surface area contributed by atoms with Gasteiger partial charge in [-0.15, -0.1) is 0 Å². The maximum atomic E-state index is 12.0. The van der Waals surface area contributed by atoms with Crippen LogP contribution in [0.25, 0.3) is 11.0 Å². The maximum absolute atomic E-state index is 12.0. The van der Waals surface area contributed by atoms with Gasteiger partial charge < -0.3 is 14.5 Å². The number of benzene rings is 1. The molecule has 0 fully saturated rings. The molecule has 0 bridgehead atoms. The maximum Gasteiger partial charge on any atom is 0.311 e. The van der Waals surface area contributed by atoms with Crippen LogP contribution in [0.5, 0.6) is 5.75 Å². The molecular weight excluding hydrogens is 318 g/mol. The Morgan fingerprint density at radius 2 is 2.04 bits per heavy atom. The van der Waals surface area contributed by atoms with Crippen LogP contribution in [0.4, 0.5) is 0 Å². The molecule has 0 spiro atoms. The molecule has 1 aromatic heterocycles. The first kappa shape index (κ1) is 17.5. The molecule has 0 atom stereocenters. The summed E-state index contributed by atoms with van der Waals surface area (Å²) in [6.45, 7) is 2.68. The highest BCUT2D eigenvalue weighted by molar-refractivity contribution is 5.85. The summed E-state index contributed by atoms with van der Waals surface area (Å²) in [6, 6.07) is 5.53. The van der Waals surface area contributed by atoms with E-state index in [4.69, 9.17) is 9.15 Å². The molecule has 0 unspecified atom stereocenters. The number of nitrogens with one attached hydrogen (secondary N) is 1. The van der Waals surface area contributed by atoms with Gasteiger partial charge in [-0.1, -0.05) is 6.92 Å². The highest BCUT2D eigenvalue weighted by Gasteiger charge is 2.18. The van der Waals surface area contributed by atoms with Gasteiger partial charge in [0.2, 0.25) is 5.91 Å². The third kappa shape index (κ3) is 4.41. The number of carbonyl (C=O) groups is 2. The van der Waals surface area contributed by atoms with Crippen molar-refractivity contribution in [3.63, 3.8) is 0 Å². The molecule has 3 rings (SSSR count). The van der Waals surface area contributed by atoms with E-state index in [0.29, 0.717) is 25.1 Å². The van der Waals surface area contributed by atoms with Crippen molar-refractivity contribution in [2.75, 3.05) is 6.54 Å². The van der Waals surface area contributed by atoms with Crippen molar-refractivity contribution >= 4 is 22.8 Å². The molecule has 1 aliphatic rings. The van der Waals surface area contributed by atoms with Gasteiger partial charge in [0, 0.05) is 36.8 Å². The quantitative estimate of drug-likeness (QED) is 0.611. The fourth-order valence-corrected chi connectivity index (χ4v) is 3.23. The zero-order valence-electron chi connectivity index (χ0n) is 14.7. The highest BCUT2D eigenvalue weighted by Crippen LogP contribution is 2.34. The Hall–Kier alpha value is -2.30. The molecule has 0 saturated carbocycles. The van der Waals surface area contributed by atoms with Crippen molar-refractivity contribution < 1.29 is 18.7 Å². The zero-order chi connectivity index (χ0) is 17.6. The average Bonchev–Trinajstić information content (AvgIpc) is 2.98. The predicted molar refractivity (Wildman–Crippen MR) is 95.6 cm³/mol. The van der Waals surface area contributed by atoms with E-state index in [2.05, 4.69) is 5.32 Å². The number of ether oxygens (including phenoxy) is 1. The largest absolute Gasteiger partial charge is 0.461 e. The molecule has 1 aromatic carbocycles. The van der Waals surface area contributed by atoms with E-state index in [-0.39, 0.29) is 18.3 Å². The van der Waals surface area contributed by atoms with E-state index in [1.807, 2.05) is 19.1 Å². The number of esters is 1. The smallest absolute Gasteiger partial charge is 0.311 e. The van der Waals surface area contributed by atoms with E-state index in [1.54, 1.807) is 6.07 Å². The molecule has 0 radical (unpaired) electrons. The normalized spacial score (nSPS) is 13.5. The highest BCUT2D eigenvalue weighted by atomic mass is 16.5. The lowest BCUT2D eigenvalue weighted by Gasteiger charge is -2.09. The summed E-state index contributed by atoms with van der Waals surface area (Å²) in [4.78, 5) is 23.5. The standard InChI is InChI=1S/C20H25NO4/c1-2-12-21-19(22)8-5-9-20(23)24-14-10-11-18-16(13-14)15-6-3-4-7-17(15)25-18/h10-11,13H,2-9,12H2,1H3,(H,21,22). The van der Waals surface area contributed by atoms with Gasteiger partial charge in [0.25, 0.3) is 0 Å². The van der Waals surface area contributed by atoms with Gasteiger partial charge in [-0.05, 0) is 50.3 Å². The third-order valence-electron chi connectivity index (χ3n) is 4.52. The lowest BCUT2D eigenvalue weighted by Crippen LogP contribution is -2.23. The summed E-state index contributed by atoms with van der Waals surface area (Å²) < 4.78 is 11.3. The van der Waals surface area contributed by atoms with Crippen LogP contribution in [0.3, 0.4) is 0 Å². The molecule has 0 saturated heterocycles. The number of fused-ring (bicyclic) bond motifs is 3. The molecule has 5 nitrogen and oxygen atoms in total. The summed E-state index contributed by atoms with van der Waals surface area (Å²) in [6.07, 6.45) is 6.34. The van der Waals surface area contributed by atoms with E-state index < -0.39 is 0 Å². The summed E-state index contributed by atoms with van der Waals surface area (Å²) in [5.41, 5.74) is 2.12. The number of hydrogen-bond donors (Lipinski definition) is 1. The second-order valence-electron chi connectivity index (χ2n) is 6.55. The number of aryl methyl sites for hydroxylation is 2. The molecule has 5 heteroatoms. The molecule has 2 aromatic rings. The summed E-state index contributed by atoms with van der Waals surface area (Å²) in [5.74, 6) is 1.30. The van der Waals surface area contributed by atoms with Crippen LogP contribution in [-0.4, -0.2) is 18.4 Å². The Bertz CT molecular complexity index is 762. The van der Waals surface area contributed by atoms with Crippen molar-refractivity contribution in [2.24, 2.45) is 0 Å². The lowest BCUT2D eigenvalue weighted by atomic mass is 9.96. The molecule has 1 amide bonds. The second-order valence-corrected chi connectivity index (χ2v) is 6.55. The molecule has 1 N–H and O–H groups in total. The van der Waals surface area contributed by atoms with Gasteiger partial charge in [0.15, 0.2) is 0 Å². The van der Waals surface area contributed by atoms with Crippen LogP contribution in [0, 0.1) is 0 Å². The van der Waals surface area contributed by atoms with Crippen molar-refractivity contribution in [1.82, 2.24) is 5.32 Å². The minimum atomic E-state index is -0.306. The van der Waals surface area contributed by atoms with Gasteiger partial charge in [0.1, 0.15) is 17.1 Å². The first-order valence-corrected chi connectivity index (χ1v) is 9.19. The first-order valence-electron chi connectivity index (χ1n) is 9.19. The molecule has 1 aliphatic carbocycles. The Kier molecular flexibility index (Phi) is 5.74. The van der Waals surface area contributed by atoms with Gasteiger partial charge >= 0.3 is 5.97 Å². The molecule has 134 valence electrons. The predicted octanol–water partition coefficient (Wildman–Crippen LogP) is 3.91. The summed E-state index contributed by atoms with van der Waals surface area (Å²) in [7, 11) is 0. The van der Waals surface area contributed by atoms with Gasteiger partial charge in [0.05, 0.1) is 0 Å². The van der Waals surface area contributed by atoms with Crippen LogP contribution in [0.15, 0.2) is 22.6 Å². The minimum Gasteiger partial charge on any atom is -0.461 e. The van der Waals surface area contributed by atoms with Crippen LogP contribution >= 0.6 is 0 Å². The van der Waals surface area contributed by atoms with Crippen LogP contribution in [-0.2, 0) is 22.4 Å². The summed E-state index contributed by atoms with van der Waals surface area (Å²) in [5, 5.41) is 3.85. The molecular formula is C20H25NO4. The van der Waals surface area contributed by atoms with E-state index >= 15 is 0 Å². The van der Waals surface area contributed by atoms with Gasteiger partial charge in [-0.2, -0.15) is 0 Å². The van der Waals surface area contributed by atoms with Crippen LogP contribution in [0.1, 0.15) is 56.8 Å². The van der Waals surface area contributed by atoms with Crippen molar-refractivity contribution in [2.45, 2.75) is 58.3 Å². The number of rotatable bonds is 7. The van der Waals surface area contributed by atoms with Crippen molar-refractivity contribution in [3.8, 4) is 5.75 Å². The number of hydrogen-bond acceptors (Lipinski definition) is 4. The number of amides is 1. The third-order valence-corrected chi connectivity index (χ3v) is 4.52. The zero-order valence-corrected chi connectivity index (χ0v) is 14.7. The van der Waals surface area contributed by atoms with Crippen molar-refractivity contribution in [1.29, 1.82) is 0 Å². The second kappa shape index (κ2) is 8.19. The molecule has 0 aliphatic heterocycles. The first-order chi connectivity index (χ1) is 12.2. The Morgan fingerprint density at radius 1 is 1.20 bits per heavy atom. The average molecular weight is 343 g/mol. The van der Waals surface area contributed by atoms with Gasteiger partial charge in [-0.3, -0.25) is 9.59 Å². The van der Waals surface area contributed by atoms with E-state index in [9.17, 15) is 9.59 Å². The van der Waals surface area contributed by atoms with E-state index in [1.165, 1.54) is 18.4 Å². The monoisotopic (exact) mass is 343 g/mol. The fraction of sp³-hybridized carbons (Fsp3) is 0.500.